The highest BCUT2D eigenvalue weighted by Crippen LogP contribution is 2.22. The molecule has 24 heavy (non-hydrogen) atoms. The van der Waals surface area contributed by atoms with Gasteiger partial charge in [0.05, 0.1) is 0 Å². The summed E-state index contributed by atoms with van der Waals surface area (Å²) in [5.41, 5.74) is 3.49. The van der Waals surface area contributed by atoms with Crippen LogP contribution in [0.3, 0.4) is 0 Å². The van der Waals surface area contributed by atoms with Gasteiger partial charge in [0.1, 0.15) is 4.99 Å². The van der Waals surface area contributed by atoms with Crippen LogP contribution in [0.5, 0.6) is 0 Å². The molecule has 1 saturated heterocycles. The van der Waals surface area contributed by atoms with Crippen molar-refractivity contribution in [3.8, 4) is 0 Å². The number of halogens is 1. The van der Waals surface area contributed by atoms with Gasteiger partial charge in [-0.3, -0.25) is 0 Å². The Morgan fingerprint density at radius 3 is 2.25 bits per heavy atom. The largest absolute Gasteiger partial charge is 0.378 e. The predicted octanol–water partition coefficient (Wildman–Crippen LogP) is 3.90. The molecule has 0 bridgehead atoms. The van der Waals surface area contributed by atoms with Crippen molar-refractivity contribution in [2.24, 2.45) is 0 Å². The van der Waals surface area contributed by atoms with E-state index < -0.39 is 0 Å². The molecule has 2 aromatic carbocycles. The monoisotopic (exact) mass is 359 g/mol. The number of hydrogen-bond donors (Lipinski definition) is 0. The third kappa shape index (κ3) is 3.82. The number of hydrogen-bond acceptors (Lipinski definition) is 3. The second-order valence-electron chi connectivity index (χ2n) is 6.20. The van der Waals surface area contributed by atoms with Gasteiger partial charge in [0.15, 0.2) is 0 Å². The average molecular weight is 360 g/mol. The van der Waals surface area contributed by atoms with Crippen LogP contribution in [0.2, 0.25) is 5.02 Å². The van der Waals surface area contributed by atoms with E-state index in [2.05, 4.69) is 45.0 Å². The summed E-state index contributed by atoms with van der Waals surface area (Å²) < 4.78 is 0. The van der Waals surface area contributed by atoms with Gasteiger partial charge in [-0.1, -0.05) is 29.9 Å². The third-order valence-corrected chi connectivity index (χ3v) is 5.10. The van der Waals surface area contributed by atoms with E-state index in [0.29, 0.717) is 0 Å². The molecule has 1 aliphatic heterocycles. The minimum absolute atomic E-state index is 0.784. The maximum Gasteiger partial charge on any atom is 0.109 e. The standard InChI is InChI=1S/C19H22ClN3S/c1-21(2)17-8-6-15(7-9-17)19(24)23-12-10-22(11-13-23)18-5-3-4-16(20)14-18/h3-9,14H,10-13H2,1-2H3. The minimum Gasteiger partial charge on any atom is -0.378 e. The van der Waals surface area contributed by atoms with Gasteiger partial charge in [-0.05, 0) is 42.5 Å². The predicted molar refractivity (Wildman–Crippen MR) is 108 cm³/mol. The van der Waals surface area contributed by atoms with Crippen molar-refractivity contribution in [2.75, 3.05) is 50.1 Å². The molecular weight excluding hydrogens is 338 g/mol. The highest BCUT2D eigenvalue weighted by Gasteiger charge is 2.20. The van der Waals surface area contributed by atoms with Crippen LogP contribution in [0.15, 0.2) is 48.5 Å². The Morgan fingerprint density at radius 1 is 1.00 bits per heavy atom. The fourth-order valence-corrected chi connectivity index (χ4v) is 3.43. The Labute approximate surface area is 154 Å². The van der Waals surface area contributed by atoms with Crippen LogP contribution in [0.1, 0.15) is 5.56 Å². The Bertz CT molecular complexity index is 707. The second kappa shape index (κ2) is 7.41. The number of piperazine rings is 1. The first-order valence-electron chi connectivity index (χ1n) is 8.12. The molecule has 0 radical (unpaired) electrons. The zero-order chi connectivity index (χ0) is 17.1. The van der Waals surface area contributed by atoms with Gasteiger partial charge in [-0.15, -0.1) is 0 Å². The summed E-state index contributed by atoms with van der Waals surface area (Å²) >= 11 is 11.8. The molecule has 0 spiro atoms. The Morgan fingerprint density at radius 2 is 1.67 bits per heavy atom. The van der Waals surface area contributed by atoms with E-state index in [1.807, 2.05) is 32.3 Å². The van der Waals surface area contributed by atoms with Gasteiger partial charge >= 0.3 is 0 Å². The maximum atomic E-state index is 6.10. The molecule has 3 rings (SSSR count). The van der Waals surface area contributed by atoms with Crippen LogP contribution in [0, 0.1) is 0 Å². The topological polar surface area (TPSA) is 9.72 Å². The number of thiocarbonyl (C=S) groups is 1. The fourth-order valence-electron chi connectivity index (χ4n) is 2.93. The zero-order valence-electron chi connectivity index (χ0n) is 14.1. The molecule has 1 fully saturated rings. The molecule has 0 unspecified atom stereocenters. The molecule has 0 saturated carbocycles. The summed E-state index contributed by atoms with van der Waals surface area (Å²) in [6.45, 7) is 3.77. The number of anilines is 2. The van der Waals surface area contributed by atoms with Crippen molar-refractivity contribution in [3.05, 3.63) is 59.1 Å². The summed E-state index contributed by atoms with van der Waals surface area (Å²) in [5.74, 6) is 0. The zero-order valence-corrected chi connectivity index (χ0v) is 15.6. The van der Waals surface area contributed by atoms with Gasteiger partial charge in [-0.25, -0.2) is 0 Å². The SMILES string of the molecule is CN(C)c1ccc(C(=S)N2CCN(c3cccc(Cl)c3)CC2)cc1. The van der Waals surface area contributed by atoms with Gasteiger partial charge < -0.3 is 14.7 Å². The molecule has 1 heterocycles. The molecule has 0 N–H and O–H groups in total. The van der Waals surface area contributed by atoms with Gasteiger partial charge in [0, 0.05) is 62.2 Å². The van der Waals surface area contributed by atoms with E-state index >= 15 is 0 Å². The molecular formula is C19H22ClN3S. The molecule has 0 aromatic heterocycles. The lowest BCUT2D eigenvalue weighted by Crippen LogP contribution is -2.48. The van der Waals surface area contributed by atoms with E-state index in [9.17, 15) is 0 Å². The van der Waals surface area contributed by atoms with E-state index in [4.69, 9.17) is 23.8 Å². The van der Waals surface area contributed by atoms with Crippen LogP contribution in [0.4, 0.5) is 11.4 Å². The number of benzene rings is 2. The lowest BCUT2D eigenvalue weighted by molar-refractivity contribution is 0.392. The van der Waals surface area contributed by atoms with Crippen LogP contribution in [-0.2, 0) is 0 Å². The number of nitrogens with zero attached hydrogens (tertiary/aromatic N) is 3. The van der Waals surface area contributed by atoms with E-state index in [1.54, 1.807) is 0 Å². The molecule has 0 aliphatic carbocycles. The Hall–Kier alpha value is -1.78. The van der Waals surface area contributed by atoms with Crippen LogP contribution >= 0.6 is 23.8 Å². The smallest absolute Gasteiger partial charge is 0.109 e. The fraction of sp³-hybridized carbons (Fsp3) is 0.316. The third-order valence-electron chi connectivity index (χ3n) is 4.37. The summed E-state index contributed by atoms with van der Waals surface area (Å²) in [4.78, 5) is 7.68. The molecule has 5 heteroatoms. The van der Waals surface area contributed by atoms with Gasteiger partial charge in [0.2, 0.25) is 0 Å². The van der Waals surface area contributed by atoms with E-state index in [0.717, 1.165) is 41.8 Å². The quantitative estimate of drug-likeness (QED) is 0.768. The molecule has 0 amide bonds. The Balaban J connectivity index is 1.62. The van der Waals surface area contributed by atoms with Crippen molar-refractivity contribution >= 4 is 40.2 Å². The minimum atomic E-state index is 0.784. The second-order valence-corrected chi connectivity index (χ2v) is 7.02. The van der Waals surface area contributed by atoms with Gasteiger partial charge in [-0.2, -0.15) is 0 Å². The molecule has 3 nitrogen and oxygen atoms in total. The normalized spacial score (nSPS) is 14.6. The first-order valence-corrected chi connectivity index (χ1v) is 8.90. The summed E-state index contributed by atoms with van der Waals surface area (Å²) in [7, 11) is 4.09. The molecule has 2 aromatic rings. The lowest BCUT2D eigenvalue weighted by atomic mass is 10.1. The van der Waals surface area contributed by atoms with Crippen molar-refractivity contribution in [1.29, 1.82) is 0 Å². The van der Waals surface area contributed by atoms with Crippen LogP contribution < -0.4 is 9.80 Å². The number of rotatable bonds is 3. The van der Waals surface area contributed by atoms with Crippen molar-refractivity contribution in [2.45, 2.75) is 0 Å². The summed E-state index contributed by atoms with van der Waals surface area (Å²) in [5, 5.41) is 0.784. The van der Waals surface area contributed by atoms with Crippen LogP contribution in [-0.4, -0.2) is 50.2 Å². The van der Waals surface area contributed by atoms with Crippen molar-refractivity contribution in [1.82, 2.24) is 4.90 Å². The molecule has 1 aliphatic rings. The molecule has 126 valence electrons. The maximum absolute atomic E-state index is 6.10. The highest BCUT2D eigenvalue weighted by molar-refractivity contribution is 7.80. The first-order chi connectivity index (χ1) is 11.5. The highest BCUT2D eigenvalue weighted by atomic mass is 35.5. The summed E-state index contributed by atoms with van der Waals surface area (Å²) in [6.07, 6.45) is 0. The summed E-state index contributed by atoms with van der Waals surface area (Å²) in [6, 6.07) is 16.5. The molecule has 0 atom stereocenters. The van der Waals surface area contributed by atoms with E-state index in [-0.39, 0.29) is 0 Å². The van der Waals surface area contributed by atoms with Gasteiger partial charge in [0.25, 0.3) is 0 Å². The first kappa shape index (κ1) is 17.1. The lowest BCUT2D eigenvalue weighted by Gasteiger charge is -2.37. The van der Waals surface area contributed by atoms with Crippen LogP contribution in [0.25, 0.3) is 0 Å². The van der Waals surface area contributed by atoms with E-state index in [1.165, 1.54) is 11.4 Å². The Kier molecular flexibility index (Phi) is 5.27. The van der Waals surface area contributed by atoms with Crippen molar-refractivity contribution in [3.63, 3.8) is 0 Å². The average Bonchev–Trinajstić information content (AvgIpc) is 2.61. The van der Waals surface area contributed by atoms with Crippen molar-refractivity contribution < 1.29 is 0 Å².